The molecule has 26 heavy (non-hydrogen) atoms. The highest BCUT2D eigenvalue weighted by atomic mass is 35.5. The highest BCUT2D eigenvalue weighted by Gasteiger charge is 2.21. The fraction of sp³-hybridized carbons (Fsp3) is 0.158. The number of hydrogen-bond acceptors (Lipinski definition) is 4. The lowest BCUT2D eigenvalue weighted by Gasteiger charge is -2.11. The van der Waals surface area contributed by atoms with Crippen LogP contribution in [0.4, 0.5) is 0 Å². The first-order valence-corrected chi connectivity index (χ1v) is 9.75. The Kier molecular flexibility index (Phi) is 4.73. The van der Waals surface area contributed by atoms with Crippen molar-refractivity contribution in [2.24, 2.45) is 0 Å². The van der Waals surface area contributed by atoms with Crippen molar-refractivity contribution in [3.05, 3.63) is 69.9 Å². The Morgan fingerprint density at radius 2 is 1.77 bits per heavy atom. The van der Waals surface area contributed by atoms with Crippen LogP contribution in [0.2, 0.25) is 5.02 Å². The summed E-state index contributed by atoms with van der Waals surface area (Å²) in [6.45, 7) is 5.33. The van der Waals surface area contributed by atoms with Crippen molar-refractivity contribution >= 4 is 38.4 Å². The number of amides is 1. The number of pyridine rings is 1. The molecule has 0 unspecified atom stereocenters. The van der Waals surface area contributed by atoms with Crippen molar-refractivity contribution in [3.63, 3.8) is 0 Å². The fourth-order valence-corrected chi connectivity index (χ4v) is 3.79. The van der Waals surface area contributed by atoms with Gasteiger partial charge in [0.15, 0.2) is 0 Å². The van der Waals surface area contributed by atoms with Gasteiger partial charge in [-0.3, -0.25) is 9.78 Å². The topological polar surface area (TPSA) is 76.1 Å². The molecule has 0 fully saturated rings. The van der Waals surface area contributed by atoms with Gasteiger partial charge in [-0.25, -0.2) is 13.1 Å². The van der Waals surface area contributed by atoms with Crippen molar-refractivity contribution in [1.82, 2.24) is 9.71 Å². The Balaban J connectivity index is 1.96. The van der Waals surface area contributed by atoms with Crippen LogP contribution in [0.5, 0.6) is 0 Å². The van der Waals surface area contributed by atoms with Crippen LogP contribution < -0.4 is 4.72 Å². The molecular formula is C19H17ClN2O3S. The van der Waals surface area contributed by atoms with Crippen LogP contribution in [0, 0.1) is 20.8 Å². The molecule has 5 nitrogen and oxygen atoms in total. The molecule has 3 aromatic rings. The van der Waals surface area contributed by atoms with Crippen LogP contribution in [-0.2, 0) is 10.0 Å². The standard InChI is InChI=1S/C19H17ClN2O3S/c1-11-4-5-14-10-16(13(3)21-18(14)8-11)19(23)22-26(24,25)15-6-7-17(20)12(2)9-15/h4-10H,1-3H3,(H,22,23). The van der Waals surface area contributed by atoms with E-state index in [1.165, 1.54) is 18.2 Å². The predicted molar refractivity (Wildman–Crippen MR) is 102 cm³/mol. The molecule has 0 aliphatic carbocycles. The van der Waals surface area contributed by atoms with Gasteiger partial charge in [0.25, 0.3) is 15.9 Å². The third-order valence-electron chi connectivity index (χ3n) is 4.08. The van der Waals surface area contributed by atoms with E-state index < -0.39 is 15.9 Å². The van der Waals surface area contributed by atoms with Crippen LogP contribution in [0.15, 0.2) is 47.4 Å². The molecule has 0 radical (unpaired) electrons. The second-order valence-corrected chi connectivity index (χ2v) is 8.25. The Morgan fingerprint density at radius 3 is 2.46 bits per heavy atom. The summed E-state index contributed by atoms with van der Waals surface area (Å²) < 4.78 is 27.1. The lowest BCUT2D eigenvalue weighted by atomic mass is 10.1. The van der Waals surface area contributed by atoms with Crippen LogP contribution in [0.25, 0.3) is 10.9 Å². The highest BCUT2D eigenvalue weighted by Crippen LogP contribution is 2.21. The summed E-state index contributed by atoms with van der Waals surface area (Å²) >= 11 is 5.93. The van der Waals surface area contributed by atoms with E-state index in [0.717, 1.165) is 16.5 Å². The molecule has 0 saturated carbocycles. The van der Waals surface area contributed by atoms with Crippen LogP contribution in [0.3, 0.4) is 0 Å². The number of hydrogen-bond donors (Lipinski definition) is 1. The maximum atomic E-state index is 12.6. The Morgan fingerprint density at radius 1 is 1.04 bits per heavy atom. The number of fused-ring (bicyclic) bond motifs is 1. The molecule has 0 aliphatic heterocycles. The van der Waals surface area contributed by atoms with Gasteiger partial charge in [0, 0.05) is 10.4 Å². The number of aromatic nitrogens is 1. The second kappa shape index (κ2) is 6.70. The number of rotatable bonds is 3. The Labute approximate surface area is 157 Å². The number of nitrogens with zero attached hydrogens (tertiary/aromatic N) is 1. The van der Waals surface area contributed by atoms with Crippen molar-refractivity contribution in [1.29, 1.82) is 0 Å². The largest absolute Gasteiger partial charge is 0.268 e. The minimum Gasteiger partial charge on any atom is -0.268 e. The van der Waals surface area contributed by atoms with Gasteiger partial charge >= 0.3 is 0 Å². The summed E-state index contributed by atoms with van der Waals surface area (Å²) in [6, 6.07) is 11.6. The lowest BCUT2D eigenvalue weighted by molar-refractivity contribution is 0.0980. The zero-order valence-electron chi connectivity index (χ0n) is 14.5. The van der Waals surface area contributed by atoms with E-state index >= 15 is 0 Å². The summed E-state index contributed by atoms with van der Waals surface area (Å²) in [5, 5.41) is 1.23. The first-order chi connectivity index (χ1) is 12.2. The third kappa shape index (κ3) is 3.57. The molecule has 0 bridgehead atoms. The highest BCUT2D eigenvalue weighted by molar-refractivity contribution is 7.90. The van der Waals surface area contributed by atoms with Crippen LogP contribution >= 0.6 is 11.6 Å². The van der Waals surface area contributed by atoms with Gasteiger partial charge in [-0.2, -0.15) is 0 Å². The van der Waals surface area contributed by atoms with Crippen LogP contribution in [0.1, 0.15) is 27.2 Å². The van der Waals surface area contributed by atoms with Gasteiger partial charge in [0.05, 0.1) is 21.7 Å². The second-order valence-electron chi connectivity index (χ2n) is 6.16. The molecule has 1 aromatic heterocycles. The Bertz CT molecular complexity index is 1140. The van der Waals surface area contributed by atoms with Gasteiger partial charge in [-0.1, -0.05) is 23.7 Å². The number of carbonyl (C=O) groups is 1. The average Bonchev–Trinajstić information content (AvgIpc) is 2.56. The maximum Gasteiger partial charge on any atom is 0.266 e. The van der Waals surface area contributed by atoms with Gasteiger partial charge in [-0.15, -0.1) is 0 Å². The molecule has 3 rings (SSSR count). The number of benzene rings is 2. The average molecular weight is 389 g/mol. The Hall–Kier alpha value is -2.44. The monoisotopic (exact) mass is 388 g/mol. The van der Waals surface area contributed by atoms with E-state index in [-0.39, 0.29) is 10.5 Å². The molecular weight excluding hydrogens is 372 g/mol. The number of halogens is 1. The molecule has 1 heterocycles. The molecule has 0 aliphatic rings. The van der Waals surface area contributed by atoms with Crippen molar-refractivity contribution in [2.75, 3.05) is 0 Å². The zero-order valence-corrected chi connectivity index (χ0v) is 16.1. The maximum absolute atomic E-state index is 12.6. The normalized spacial score (nSPS) is 11.5. The summed E-state index contributed by atoms with van der Waals surface area (Å²) in [4.78, 5) is 17.0. The number of carbonyl (C=O) groups excluding carboxylic acids is 1. The minimum atomic E-state index is -4.01. The number of sulfonamides is 1. The van der Waals surface area contributed by atoms with E-state index in [1.54, 1.807) is 19.9 Å². The molecule has 134 valence electrons. The van der Waals surface area contributed by atoms with Crippen LogP contribution in [-0.4, -0.2) is 19.3 Å². The molecule has 0 saturated heterocycles. The van der Waals surface area contributed by atoms with E-state index in [9.17, 15) is 13.2 Å². The van der Waals surface area contributed by atoms with Crippen molar-refractivity contribution in [2.45, 2.75) is 25.7 Å². The summed E-state index contributed by atoms with van der Waals surface area (Å²) in [5.74, 6) is -0.718. The SMILES string of the molecule is Cc1ccc2cc(C(=O)NS(=O)(=O)c3ccc(Cl)c(C)c3)c(C)nc2c1. The molecule has 7 heteroatoms. The van der Waals surface area contributed by atoms with Gasteiger partial charge in [-0.05, 0) is 62.2 Å². The van der Waals surface area contributed by atoms with Gasteiger partial charge in [0.1, 0.15) is 0 Å². The minimum absolute atomic E-state index is 0.0187. The van der Waals surface area contributed by atoms with Gasteiger partial charge in [0.2, 0.25) is 0 Å². The van der Waals surface area contributed by atoms with E-state index in [4.69, 9.17) is 11.6 Å². The summed E-state index contributed by atoms with van der Waals surface area (Å²) in [5.41, 5.74) is 3.11. The molecule has 2 aromatic carbocycles. The summed E-state index contributed by atoms with van der Waals surface area (Å²) in [7, 11) is -4.01. The van der Waals surface area contributed by atoms with E-state index in [1.807, 2.05) is 25.1 Å². The van der Waals surface area contributed by atoms with E-state index in [0.29, 0.717) is 16.3 Å². The molecule has 1 N–H and O–H groups in total. The smallest absolute Gasteiger partial charge is 0.266 e. The number of aryl methyl sites for hydroxylation is 3. The van der Waals surface area contributed by atoms with Gasteiger partial charge < -0.3 is 0 Å². The molecule has 1 amide bonds. The van der Waals surface area contributed by atoms with Crippen molar-refractivity contribution < 1.29 is 13.2 Å². The number of nitrogens with one attached hydrogen (secondary N) is 1. The molecule has 0 atom stereocenters. The lowest BCUT2D eigenvalue weighted by Crippen LogP contribution is -2.31. The van der Waals surface area contributed by atoms with E-state index in [2.05, 4.69) is 9.71 Å². The first kappa shape index (κ1) is 18.4. The zero-order chi connectivity index (χ0) is 19.1. The quantitative estimate of drug-likeness (QED) is 0.737. The molecule has 0 spiro atoms. The fourth-order valence-electron chi connectivity index (χ4n) is 2.62. The van der Waals surface area contributed by atoms with Crippen molar-refractivity contribution in [3.8, 4) is 0 Å². The summed E-state index contributed by atoms with van der Waals surface area (Å²) in [6.07, 6.45) is 0. The third-order valence-corrected chi connectivity index (χ3v) is 5.83. The first-order valence-electron chi connectivity index (χ1n) is 7.89. The predicted octanol–water partition coefficient (Wildman–Crippen LogP) is 3.93.